The summed E-state index contributed by atoms with van der Waals surface area (Å²) in [5.74, 6) is -0.352. The molecule has 3 rings (SSSR count). The van der Waals surface area contributed by atoms with E-state index in [1.54, 1.807) is 18.3 Å². The number of H-pyrrole nitrogens is 1. The summed E-state index contributed by atoms with van der Waals surface area (Å²) in [4.78, 5) is 0. The molecule has 1 aromatic heterocycles. The molecule has 0 amide bonds. The van der Waals surface area contributed by atoms with Gasteiger partial charge in [-0.05, 0) is 35.9 Å². The molecule has 2 aromatic carbocycles. The van der Waals surface area contributed by atoms with E-state index < -0.39 is 11.7 Å². The van der Waals surface area contributed by atoms with Gasteiger partial charge < -0.3 is 5.32 Å². The molecule has 0 atom stereocenters. The molecular formula is C17H13F4N3. The molecular weight excluding hydrogens is 322 g/mol. The molecule has 0 saturated carbocycles. The maximum atomic E-state index is 13.2. The average molecular weight is 335 g/mol. The van der Waals surface area contributed by atoms with Gasteiger partial charge >= 0.3 is 6.18 Å². The minimum atomic E-state index is -4.37. The Bertz CT molecular complexity index is 822. The molecule has 0 radical (unpaired) electrons. The molecule has 3 aromatic rings. The second-order valence-corrected chi connectivity index (χ2v) is 5.21. The maximum absolute atomic E-state index is 13.2. The fraction of sp³-hybridized carbons (Fsp3) is 0.118. The molecule has 0 aliphatic rings. The smallest absolute Gasteiger partial charge is 0.381 e. The van der Waals surface area contributed by atoms with Crippen LogP contribution in [0.1, 0.15) is 11.1 Å². The second-order valence-electron chi connectivity index (χ2n) is 5.21. The average Bonchev–Trinajstić information content (AvgIpc) is 3.01. The van der Waals surface area contributed by atoms with Crippen molar-refractivity contribution in [2.75, 3.05) is 5.32 Å². The molecule has 0 saturated heterocycles. The number of benzene rings is 2. The fourth-order valence-electron chi connectivity index (χ4n) is 2.32. The van der Waals surface area contributed by atoms with Crippen molar-refractivity contribution in [1.29, 1.82) is 0 Å². The number of hydrogen-bond donors (Lipinski definition) is 2. The van der Waals surface area contributed by atoms with Crippen molar-refractivity contribution in [1.82, 2.24) is 10.2 Å². The van der Waals surface area contributed by atoms with Crippen molar-refractivity contribution < 1.29 is 17.6 Å². The van der Waals surface area contributed by atoms with Crippen LogP contribution in [-0.2, 0) is 12.7 Å². The topological polar surface area (TPSA) is 40.7 Å². The van der Waals surface area contributed by atoms with Crippen LogP contribution in [-0.4, -0.2) is 10.2 Å². The number of rotatable bonds is 4. The number of aromatic amines is 1. The van der Waals surface area contributed by atoms with Gasteiger partial charge in [-0.25, -0.2) is 4.39 Å². The largest absolute Gasteiger partial charge is 0.416 e. The Balaban J connectivity index is 1.78. The summed E-state index contributed by atoms with van der Waals surface area (Å²) in [7, 11) is 0. The van der Waals surface area contributed by atoms with Gasteiger partial charge in [-0.1, -0.05) is 18.2 Å². The minimum Gasteiger partial charge on any atom is -0.381 e. The van der Waals surface area contributed by atoms with Gasteiger partial charge in [0.1, 0.15) is 5.82 Å². The molecule has 0 unspecified atom stereocenters. The van der Waals surface area contributed by atoms with E-state index in [4.69, 9.17) is 0 Å². The van der Waals surface area contributed by atoms with Gasteiger partial charge in [-0.15, -0.1) is 0 Å². The Morgan fingerprint density at radius 2 is 1.79 bits per heavy atom. The lowest BCUT2D eigenvalue weighted by Gasteiger charge is -2.09. The van der Waals surface area contributed by atoms with Crippen LogP contribution >= 0.6 is 0 Å². The fourth-order valence-corrected chi connectivity index (χ4v) is 2.32. The second kappa shape index (κ2) is 6.35. The third-order valence-corrected chi connectivity index (χ3v) is 3.53. The third-order valence-electron chi connectivity index (χ3n) is 3.53. The first-order chi connectivity index (χ1) is 11.4. The van der Waals surface area contributed by atoms with Gasteiger partial charge in [0, 0.05) is 17.8 Å². The molecule has 2 N–H and O–H groups in total. The van der Waals surface area contributed by atoms with Crippen molar-refractivity contribution in [2.24, 2.45) is 0 Å². The summed E-state index contributed by atoms with van der Waals surface area (Å²) in [6.07, 6.45) is -2.78. The van der Waals surface area contributed by atoms with Crippen LogP contribution in [0.3, 0.4) is 0 Å². The lowest BCUT2D eigenvalue weighted by atomic mass is 10.1. The number of nitrogens with one attached hydrogen (secondary N) is 2. The van der Waals surface area contributed by atoms with E-state index in [0.717, 1.165) is 17.7 Å². The molecule has 7 heteroatoms. The molecule has 0 aliphatic carbocycles. The van der Waals surface area contributed by atoms with E-state index in [1.165, 1.54) is 24.3 Å². The van der Waals surface area contributed by atoms with Gasteiger partial charge in [-0.2, -0.15) is 18.3 Å². The summed E-state index contributed by atoms with van der Waals surface area (Å²) >= 11 is 0. The highest BCUT2D eigenvalue weighted by Crippen LogP contribution is 2.31. The number of alkyl halides is 3. The number of nitrogens with zero attached hydrogens (tertiary/aromatic N) is 1. The highest BCUT2D eigenvalue weighted by atomic mass is 19.4. The molecule has 0 spiro atoms. The van der Waals surface area contributed by atoms with Crippen LogP contribution in [0, 0.1) is 5.82 Å². The van der Waals surface area contributed by atoms with Crippen molar-refractivity contribution in [3.8, 4) is 11.3 Å². The lowest BCUT2D eigenvalue weighted by molar-refractivity contribution is -0.137. The van der Waals surface area contributed by atoms with Crippen LogP contribution in [0.15, 0.2) is 54.7 Å². The number of aromatic nitrogens is 2. The Morgan fingerprint density at radius 1 is 1.04 bits per heavy atom. The highest BCUT2D eigenvalue weighted by Gasteiger charge is 2.30. The Hall–Kier alpha value is -2.83. The van der Waals surface area contributed by atoms with E-state index in [2.05, 4.69) is 15.5 Å². The summed E-state index contributed by atoms with van der Waals surface area (Å²) in [5.41, 5.74) is 1.88. The van der Waals surface area contributed by atoms with E-state index >= 15 is 0 Å². The summed E-state index contributed by atoms with van der Waals surface area (Å²) in [6.45, 7) is 0.357. The SMILES string of the molecule is Fc1cccc(NCc2cn[nH]c2-c2ccc(C(F)(F)F)cc2)c1. The van der Waals surface area contributed by atoms with Crippen molar-refractivity contribution in [3.05, 3.63) is 71.7 Å². The standard InChI is InChI=1S/C17H13F4N3/c18-14-2-1-3-15(8-14)22-9-12-10-23-24-16(12)11-4-6-13(7-5-11)17(19,20)21/h1-8,10,22H,9H2,(H,23,24). The molecule has 24 heavy (non-hydrogen) atoms. The quantitative estimate of drug-likeness (QED) is 0.669. The van der Waals surface area contributed by atoms with Crippen LogP contribution in [0.4, 0.5) is 23.2 Å². The molecule has 0 aliphatic heterocycles. The van der Waals surface area contributed by atoms with Gasteiger partial charge in [0.05, 0.1) is 17.5 Å². The monoisotopic (exact) mass is 335 g/mol. The predicted molar refractivity (Wildman–Crippen MR) is 82.8 cm³/mol. The highest BCUT2D eigenvalue weighted by molar-refractivity contribution is 5.63. The first-order valence-electron chi connectivity index (χ1n) is 7.13. The third kappa shape index (κ3) is 3.56. The van der Waals surface area contributed by atoms with E-state index in [1.807, 2.05) is 0 Å². The number of hydrogen-bond acceptors (Lipinski definition) is 2. The molecule has 3 nitrogen and oxygen atoms in total. The van der Waals surface area contributed by atoms with Crippen LogP contribution in [0.25, 0.3) is 11.3 Å². The Labute approximate surface area is 135 Å². The van der Waals surface area contributed by atoms with E-state index in [-0.39, 0.29) is 5.82 Å². The first-order valence-corrected chi connectivity index (χ1v) is 7.13. The van der Waals surface area contributed by atoms with Crippen molar-refractivity contribution in [3.63, 3.8) is 0 Å². The first kappa shape index (κ1) is 16.0. The zero-order valence-electron chi connectivity index (χ0n) is 12.4. The summed E-state index contributed by atoms with van der Waals surface area (Å²) in [6, 6.07) is 10.9. The van der Waals surface area contributed by atoms with Crippen LogP contribution in [0.5, 0.6) is 0 Å². The zero-order chi connectivity index (χ0) is 17.2. The van der Waals surface area contributed by atoms with Crippen LogP contribution < -0.4 is 5.32 Å². The van der Waals surface area contributed by atoms with E-state index in [0.29, 0.717) is 23.5 Å². The molecule has 0 fully saturated rings. The van der Waals surface area contributed by atoms with Crippen molar-refractivity contribution in [2.45, 2.75) is 12.7 Å². The number of halogens is 4. The van der Waals surface area contributed by atoms with Gasteiger partial charge in [-0.3, -0.25) is 5.10 Å². The number of anilines is 1. The van der Waals surface area contributed by atoms with Gasteiger partial charge in [0.25, 0.3) is 0 Å². The maximum Gasteiger partial charge on any atom is 0.416 e. The van der Waals surface area contributed by atoms with Crippen molar-refractivity contribution >= 4 is 5.69 Å². The van der Waals surface area contributed by atoms with Crippen LogP contribution in [0.2, 0.25) is 0 Å². The molecule has 1 heterocycles. The predicted octanol–water partition coefficient (Wildman–Crippen LogP) is 4.85. The van der Waals surface area contributed by atoms with Gasteiger partial charge in [0.2, 0.25) is 0 Å². The zero-order valence-corrected chi connectivity index (χ0v) is 12.4. The van der Waals surface area contributed by atoms with E-state index in [9.17, 15) is 17.6 Å². The minimum absolute atomic E-state index is 0.352. The lowest BCUT2D eigenvalue weighted by Crippen LogP contribution is -2.04. The molecule has 124 valence electrons. The molecule has 0 bridgehead atoms. The van der Waals surface area contributed by atoms with Gasteiger partial charge in [0.15, 0.2) is 0 Å². The summed E-state index contributed by atoms with van der Waals surface area (Å²) in [5, 5.41) is 9.77. The Kier molecular flexibility index (Phi) is 4.24. The Morgan fingerprint density at radius 3 is 2.46 bits per heavy atom. The summed E-state index contributed by atoms with van der Waals surface area (Å²) < 4.78 is 51.0. The normalized spacial score (nSPS) is 11.5.